The van der Waals surface area contributed by atoms with Gasteiger partial charge in [-0.05, 0) is 6.92 Å². The molecule has 0 aliphatic carbocycles. The number of aromatic nitrogens is 2. The number of rotatable bonds is 5. The normalized spacial score (nSPS) is 13.2. The third kappa shape index (κ3) is 3.49. The van der Waals surface area contributed by atoms with E-state index in [2.05, 4.69) is 15.5 Å². The van der Waals surface area contributed by atoms with E-state index in [0.29, 0.717) is 24.8 Å². The first-order valence-corrected chi connectivity index (χ1v) is 4.01. The summed E-state index contributed by atoms with van der Waals surface area (Å²) in [4.78, 5) is 3.95. The second kappa shape index (κ2) is 4.90. The monoisotopic (exact) mass is 187 g/mol. The molecule has 0 saturated heterocycles. The topological polar surface area (TPSA) is 91.4 Å². The Morgan fingerprint density at radius 1 is 1.62 bits per heavy atom. The molecular formula is C7H13N3O3. The molecule has 1 atom stereocenters. The van der Waals surface area contributed by atoms with Crippen molar-refractivity contribution in [2.45, 2.75) is 19.6 Å². The number of aliphatic hydroxyl groups excluding tert-OH is 2. The van der Waals surface area contributed by atoms with E-state index in [1.807, 2.05) is 0 Å². The fourth-order valence-corrected chi connectivity index (χ4v) is 0.822. The van der Waals surface area contributed by atoms with Gasteiger partial charge in [0.15, 0.2) is 5.82 Å². The first-order valence-electron chi connectivity index (χ1n) is 4.01. The predicted molar refractivity (Wildman–Crippen MR) is 43.8 cm³/mol. The highest BCUT2D eigenvalue weighted by molar-refractivity contribution is 4.81. The van der Waals surface area contributed by atoms with Gasteiger partial charge in [-0.3, -0.25) is 0 Å². The lowest BCUT2D eigenvalue weighted by Crippen LogP contribution is -2.29. The Morgan fingerprint density at radius 2 is 2.38 bits per heavy atom. The third-order valence-corrected chi connectivity index (χ3v) is 1.44. The van der Waals surface area contributed by atoms with E-state index in [4.69, 9.17) is 14.7 Å². The molecule has 74 valence electrons. The van der Waals surface area contributed by atoms with E-state index in [-0.39, 0.29) is 6.61 Å². The molecule has 0 bridgehead atoms. The van der Waals surface area contributed by atoms with Gasteiger partial charge in [-0.25, -0.2) is 0 Å². The van der Waals surface area contributed by atoms with E-state index in [9.17, 15) is 0 Å². The van der Waals surface area contributed by atoms with E-state index in [1.165, 1.54) is 0 Å². The highest BCUT2D eigenvalue weighted by Crippen LogP contribution is 1.94. The SMILES string of the molecule is Cc1noc(CNC[C@H](O)CO)n1. The smallest absolute Gasteiger partial charge is 0.240 e. The molecule has 0 aliphatic rings. The van der Waals surface area contributed by atoms with Crippen LogP contribution in [0.4, 0.5) is 0 Å². The van der Waals surface area contributed by atoms with Crippen LogP contribution in [-0.4, -0.2) is 39.6 Å². The molecule has 1 aromatic heterocycles. The van der Waals surface area contributed by atoms with Crippen molar-refractivity contribution in [2.75, 3.05) is 13.2 Å². The van der Waals surface area contributed by atoms with Crippen LogP contribution in [0.5, 0.6) is 0 Å². The lowest BCUT2D eigenvalue weighted by atomic mass is 10.4. The lowest BCUT2D eigenvalue weighted by Gasteiger charge is -2.05. The van der Waals surface area contributed by atoms with E-state index < -0.39 is 6.10 Å². The van der Waals surface area contributed by atoms with Gasteiger partial charge >= 0.3 is 0 Å². The summed E-state index contributed by atoms with van der Waals surface area (Å²) >= 11 is 0. The molecule has 6 nitrogen and oxygen atoms in total. The Kier molecular flexibility index (Phi) is 3.81. The van der Waals surface area contributed by atoms with E-state index >= 15 is 0 Å². The van der Waals surface area contributed by atoms with Crippen LogP contribution in [0, 0.1) is 6.92 Å². The van der Waals surface area contributed by atoms with Crippen LogP contribution in [0.25, 0.3) is 0 Å². The maximum absolute atomic E-state index is 8.96. The summed E-state index contributed by atoms with van der Waals surface area (Å²) in [6, 6.07) is 0. The molecule has 0 aromatic carbocycles. The van der Waals surface area contributed by atoms with Gasteiger partial charge in [0.25, 0.3) is 0 Å². The lowest BCUT2D eigenvalue weighted by molar-refractivity contribution is 0.0935. The van der Waals surface area contributed by atoms with Crippen molar-refractivity contribution in [3.05, 3.63) is 11.7 Å². The number of aliphatic hydroxyl groups is 2. The quantitative estimate of drug-likeness (QED) is 0.537. The summed E-state index contributed by atoms with van der Waals surface area (Å²) in [5.41, 5.74) is 0. The molecule has 0 unspecified atom stereocenters. The van der Waals surface area contributed by atoms with Crippen LogP contribution in [0.2, 0.25) is 0 Å². The minimum atomic E-state index is -0.746. The molecule has 1 heterocycles. The molecule has 6 heteroatoms. The van der Waals surface area contributed by atoms with Crippen molar-refractivity contribution >= 4 is 0 Å². The highest BCUT2D eigenvalue weighted by atomic mass is 16.5. The molecule has 3 N–H and O–H groups in total. The van der Waals surface area contributed by atoms with Crippen molar-refractivity contribution in [1.82, 2.24) is 15.5 Å². The summed E-state index contributed by atoms with van der Waals surface area (Å²) in [6.07, 6.45) is -0.746. The van der Waals surface area contributed by atoms with Gasteiger partial charge in [0.05, 0.1) is 19.3 Å². The number of nitrogens with one attached hydrogen (secondary N) is 1. The maximum atomic E-state index is 8.96. The fraction of sp³-hybridized carbons (Fsp3) is 0.714. The minimum Gasteiger partial charge on any atom is -0.394 e. The van der Waals surface area contributed by atoms with Crippen LogP contribution < -0.4 is 5.32 Å². The molecule has 0 spiro atoms. The Hall–Kier alpha value is -0.980. The summed E-state index contributed by atoms with van der Waals surface area (Å²) in [7, 11) is 0. The number of hydrogen-bond donors (Lipinski definition) is 3. The van der Waals surface area contributed by atoms with Gasteiger partial charge in [-0.1, -0.05) is 5.16 Å². The van der Waals surface area contributed by atoms with Crippen LogP contribution in [0.3, 0.4) is 0 Å². The second-order valence-electron chi connectivity index (χ2n) is 2.70. The molecule has 13 heavy (non-hydrogen) atoms. The summed E-state index contributed by atoms with van der Waals surface area (Å²) in [5.74, 6) is 1.06. The van der Waals surface area contributed by atoms with E-state index in [0.717, 1.165) is 0 Å². The molecular weight excluding hydrogens is 174 g/mol. The van der Waals surface area contributed by atoms with Crippen molar-refractivity contribution in [3.8, 4) is 0 Å². The zero-order chi connectivity index (χ0) is 9.68. The van der Waals surface area contributed by atoms with Crippen molar-refractivity contribution < 1.29 is 14.7 Å². The molecule has 0 saturated carbocycles. The fourth-order valence-electron chi connectivity index (χ4n) is 0.822. The van der Waals surface area contributed by atoms with Crippen molar-refractivity contribution in [3.63, 3.8) is 0 Å². The van der Waals surface area contributed by atoms with Gasteiger partial charge in [0, 0.05) is 6.54 Å². The Labute approximate surface area is 75.6 Å². The second-order valence-corrected chi connectivity index (χ2v) is 2.70. The van der Waals surface area contributed by atoms with Gasteiger partial charge < -0.3 is 20.1 Å². The van der Waals surface area contributed by atoms with Gasteiger partial charge in [-0.2, -0.15) is 4.98 Å². The Bertz CT molecular complexity index is 251. The molecule has 1 rings (SSSR count). The zero-order valence-corrected chi connectivity index (χ0v) is 7.40. The average molecular weight is 187 g/mol. The molecule has 1 aromatic rings. The van der Waals surface area contributed by atoms with Gasteiger partial charge in [0.1, 0.15) is 0 Å². The van der Waals surface area contributed by atoms with Gasteiger partial charge in [0.2, 0.25) is 5.89 Å². The standard InChI is InChI=1S/C7H13N3O3/c1-5-9-7(13-10-5)3-8-2-6(12)4-11/h6,8,11-12H,2-4H2,1H3/t6-/m0/s1. The zero-order valence-electron chi connectivity index (χ0n) is 7.40. The molecule has 0 fully saturated rings. The molecule has 0 aliphatic heterocycles. The van der Waals surface area contributed by atoms with Crippen LogP contribution >= 0.6 is 0 Å². The summed E-state index contributed by atoms with van der Waals surface area (Å²) in [5, 5.41) is 23.9. The molecule has 0 amide bonds. The minimum absolute atomic E-state index is 0.254. The number of hydrogen-bond acceptors (Lipinski definition) is 6. The van der Waals surface area contributed by atoms with Crippen LogP contribution in [0.1, 0.15) is 11.7 Å². The first-order chi connectivity index (χ1) is 6.22. The average Bonchev–Trinajstić information content (AvgIpc) is 2.51. The van der Waals surface area contributed by atoms with Crippen LogP contribution in [0.15, 0.2) is 4.52 Å². The first kappa shape index (κ1) is 10.1. The maximum Gasteiger partial charge on any atom is 0.240 e. The number of nitrogens with zero attached hydrogens (tertiary/aromatic N) is 2. The van der Waals surface area contributed by atoms with E-state index in [1.54, 1.807) is 6.92 Å². The molecule has 0 radical (unpaired) electrons. The predicted octanol–water partition coefficient (Wildman–Crippen LogP) is -1.18. The Morgan fingerprint density at radius 3 is 2.92 bits per heavy atom. The third-order valence-electron chi connectivity index (χ3n) is 1.44. The summed E-state index contributed by atoms with van der Waals surface area (Å²) < 4.78 is 4.81. The highest BCUT2D eigenvalue weighted by Gasteiger charge is 2.04. The van der Waals surface area contributed by atoms with Gasteiger partial charge in [-0.15, -0.1) is 0 Å². The summed E-state index contributed by atoms with van der Waals surface area (Å²) in [6.45, 7) is 2.18. The Balaban J connectivity index is 2.20. The van der Waals surface area contributed by atoms with Crippen molar-refractivity contribution in [1.29, 1.82) is 0 Å². The largest absolute Gasteiger partial charge is 0.394 e. The van der Waals surface area contributed by atoms with Crippen LogP contribution in [-0.2, 0) is 6.54 Å². The number of aryl methyl sites for hydroxylation is 1. The van der Waals surface area contributed by atoms with Crippen molar-refractivity contribution in [2.24, 2.45) is 0 Å².